The summed E-state index contributed by atoms with van der Waals surface area (Å²) in [6.45, 7) is 9.56. The molecule has 0 radical (unpaired) electrons. The van der Waals surface area contributed by atoms with E-state index in [0.29, 0.717) is 6.04 Å². The molecule has 2 saturated heterocycles. The van der Waals surface area contributed by atoms with Crippen LogP contribution in [-0.2, 0) is 4.79 Å². The van der Waals surface area contributed by atoms with Gasteiger partial charge in [0.15, 0.2) is 0 Å². The van der Waals surface area contributed by atoms with Crippen molar-refractivity contribution in [2.24, 2.45) is 5.41 Å². The number of hydrogen-bond donors (Lipinski definition) is 2. The van der Waals surface area contributed by atoms with Gasteiger partial charge in [0.25, 0.3) is 0 Å². The Bertz CT molecular complexity index is 288. The standard InChI is InChI=1S/C14H27N3O.2ClH/c1-3-8-17-9-4-12(5-10-17)16-13(18)14(2)6-7-15-11-14;;/h12,15H,3-11H2,1-2H3,(H,16,18);2*1H. The van der Waals surface area contributed by atoms with Crippen molar-refractivity contribution in [3.63, 3.8) is 0 Å². The van der Waals surface area contributed by atoms with E-state index in [-0.39, 0.29) is 36.1 Å². The molecule has 20 heavy (non-hydrogen) atoms. The molecule has 2 heterocycles. The van der Waals surface area contributed by atoms with Crippen LogP contribution in [0.4, 0.5) is 0 Å². The Morgan fingerprint density at radius 1 is 1.35 bits per heavy atom. The van der Waals surface area contributed by atoms with Gasteiger partial charge in [-0.15, -0.1) is 24.8 Å². The quantitative estimate of drug-likeness (QED) is 0.828. The molecule has 0 spiro atoms. The zero-order valence-electron chi connectivity index (χ0n) is 12.6. The third-order valence-corrected chi connectivity index (χ3v) is 4.38. The highest BCUT2D eigenvalue weighted by Gasteiger charge is 2.37. The molecule has 0 aromatic heterocycles. The van der Waals surface area contributed by atoms with Crippen molar-refractivity contribution < 1.29 is 4.79 Å². The van der Waals surface area contributed by atoms with E-state index >= 15 is 0 Å². The number of amides is 1. The summed E-state index contributed by atoms with van der Waals surface area (Å²) >= 11 is 0. The second-order valence-corrected chi connectivity index (χ2v) is 6.08. The molecule has 4 nitrogen and oxygen atoms in total. The summed E-state index contributed by atoms with van der Waals surface area (Å²) in [4.78, 5) is 14.8. The van der Waals surface area contributed by atoms with Crippen molar-refractivity contribution in [1.29, 1.82) is 0 Å². The predicted octanol–water partition coefficient (Wildman–Crippen LogP) is 1.82. The number of carbonyl (C=O) groups excluding carboxylic acids is 1. The van der Waals surface area contributed by atoms with E-state index in [4.69, 9.17) is 0 Å². The molecule has 0 aliphatic carbocycles. The summed E-state index contributed by atoms with van der Waals surface area (Å²) in [6.07, 6.45) is 4.40. The van der Waals surface area contributed by atoms with Crippen LogP contribution in [0.15, 0.2) is 0 Å². The number of rotatable bonds is 4. The minimum atomic E-state index is -0.180. The Morgan fingerprint density at radius 3 is 2.50 bits per heavy atom. The van der Waals surface area contributed by atoms with E-state index in [2.05, 4.69) is 29.4 Å². The van der Waals surface area contributed by atoms with Crippen LogP contribution in [0.3, 0.4) is 0 Å². The highest BCUT2D eigenvalue weighted by Crippen LogP contribution is 2.25. The third-order valence-electron chi connectivity index (χ3n) is 4.38. The summed E-state index contributed by atoms with van der Waals surface area (Å²) in [6, 6.07) is 0.392. The normalized spacial score (nSPS) is 27.5. The largest absolute Gasteiger partial charge is 0.353 e. The lowest BCUT2D eigenvalue weighted by Gasteiger charge is -2.34. The summed E-state index contributed by atoms with van der Waals surface area (Å²) < 4.78 is 0. The zero-order valence-corrected chi connectivity index (χ0v) is 14.2. The average molecular weight is 326 g/mol. The monoisotopic (exact) mass is 325 g/mol. The molecule has 0 aromatic carbocycles. The van der Waals surface area contributed by atoms with Gasteiger partial charge in [-0.25, -0.2) is 0 Å². The second kappa shape index (κ2) is 9.08. The van der Waals surface area contributed by atoms with Crippen molar-refractivity contribution in [2.75, 3.05) is 32.7 Å². The molecule has 2 N–H and O–H groups in total. The van der Waals surface area contributed by atoms with Crippen LogP contribution in [0.5, 0.6) is 0 Å². The number of halogens is 2. The van der Waals surface area contributed by atoms with Crippen LogP contribution in [0.1, 0.15) is 39.5 Å². The zero-order chi connectivity index (χ0) is 13.0. The maximum Gasteiger partial charge on any atom is 0.227 e. The molecule has 0 aromatic rings. The lowest BCUT2D eigenvalue weighted by molar-refractivity contribution is -0.130. The van der Waals surface area contributed by atoms with Crippen molar-refractivity contribution in [1.82, 2.24) is 15.5 Å². The van der Waals surface area contributed by atoms with Gasteiger partial charge in [0.2, 0.25) is 5.91 Å². The summed E-state index contributed by atoms with van der Waals surface area (Å²) in [5.41, 5.74) is -0.180. The van der Waals surface area contributed by atoms with Crippen molar-refractivity contribution in [3.8, 4) is 0 Å². The average Bonchev–Trinajstić information content (AvgIpc) is 2.80. The number of likely N-dealkylation sites (tertiary alicyclic amines) is 1. The van der Waals surface area contributed by atoms with E-state index in [1.54, 1.807) is 0 Å². The maximum atomic E-state index is 12.3. The number of nitrogens with one attached hydrogen (secondary N) is 2. The summed E-state index contributed by atoms with van der Waals surface area (Å²) in [5.74, 6) is 0.251. The summed E-state index contributed by atoms with van der Waals surface area (Å²) in [7, 11) is 0. The van der Waals surface area contributed by atoms with Crippen molar-refractivity contribution in [3.05, 3.63) is 0 Å². The first kappa shape index (κ1) is 20.0. The Labute approximate surface area is 135 Å². The molecule has 120 valence electrons. The van der Waals surface area contributed by atoms with Gasteiger partial charge in [-0.05, 0) is 45.7 Å². The van der Waals surface area contributed by atoms with Crippen LogP contribution in [0.25, 0.3) is 0 Å². The molecule has 1 amide bonds. The SMILES string of the molecule is CCCN1CCC(NC(=O)C2(C)CCNC2)CC1.Cl.Cl. The molecule has 2 rings (SSSR count). The van der Waals surface area contributed by atoms with E-state index < -0.39 is 0 Å². The van der Waals surface area contributed by atoms with E-state index in [1.807, 2.05) is 0 Å². The van der Waals surface area contributed by atoms with Crippen LogP contribution < -0.4 is 10.6 Å². The van der Waals surface area contributed by atoms with Crippen molar-refractivity contribution >= 4 is 30.7 Å². The molecule has 0 saturated carbocycles. The molecule has 1 unspecified atom stereocenters. The molecule has 2 fully saturated rings. The molecular formula is C14H29Cl2N3O. The third kappa shape index (κ3) is 5.06. The van der Waals surface area contributed by atoms with Gasteiger partial charge >= 0.3 is 0 Å². The Hall–Kier alpha value is -0.0300. The minimum absolute atomic E-state index is 0. The van der Waals surface area contributed by atoms with Gasteiger partial charge < -0.3 is 15.5 Å². The lowest BCUT2D eigenvalue weighted by Crippen LogP contribution is -2.49. The first-order valence-electron chi connectivity index (χ1n) is 7.38. The first-order chi connectivity index (χ1) is 8.64. The van der Waals surface area contributed by atoms with Crippen LogP contribution >= 0.6 is 24.8 Å². The number of nitrogens with zero attached hydrogens (tertiary/aromatic N) is 1. The Balaban J connectivity index is 0.00000180. The van der Waals surface area contributed by atoms with E-state index in [0.717, 1.165) is 45.4 Å². The van der Waals surface area contributed by atoms with Crippen molar-refractivity contribution in [2.45, 2.75) is 45.6 Å². The Kier molecular flexibility index (Phi) is 9.07. The number of piperidine rings is 1. The van der Waals surface area contributed by atoms with E-state index in [1.165, 1.54) is 13.0 Å². The fourth-order valence-electron chi connectivity index (χ4n) is 2.99. The van der Waals surface area contributed by atoms with Gasteiger partial charge in [0.05, 0.1) is 5.41 Å². The Morgan fingerprint density at radius 2 is 2.00 bits per heavy atom. The van der Waals surface area contributed by atoms with E-state index in [9.17, 15) is 4.79 Å². The predicted molar refractivity (Wildman–Crippen MR) is 88.0 cm³/mol. The lowest BCUT2D eigenvalue weighted by atomic mass is 9.88. The van der Waals surface area contributed by atoms with Gasteiger partial charge in [0, 0.05) is 25.7 Å². The first-order valence-corrected chi connectivity index (χ1v) is 7.38. The highest BCUT2D eigenvalue weighted by atomic mass is 35.5. The topological polar surface area (TPSA) is 44.4 Å². The molecular weight excluding hydrogens is 297 g/mol. The highest BCUT2D eigenvalue weighted by molar-refractivity contribution is 5.85. The van der Waals surface area contributed by atoms with Gasteiger partial charge in [0.1, 0.15) is 0 Å². The maximum absolute atomic E-state index is 12.3. The summed E-state index contributed by atoms with van der Waals surface area (Å²) in [5, 5.41) is 6.54. The fourth-order valence-corrected chi connectivity index (χ4v) is 2.99. The van der Waals surface area contributed by atoms with Gasteiger partial charge in [-0.3, -0.25) is 4.79 Å². The molecule has 6 heteroatoms. The smallest absolute Gasteiger partial charge is 0.227 e. The van der Waals surface area contributed by atoms with Crippen LogP contribution in [-0.4, -0.2) is 49.6 Å². The molecule has 0 bridgehead atoms. The fraction of sp³-hybridized carbons (Fsp3) is 0.929. The van der Waals surface area contributed by atoms with Gasteiger partial charge in [-0.2, -0.15) is 0 Å². The van der Waals surface area contributed by atoms with Gasteiger partial charge in [-0.1, -0.05) is 6.92 Å². The number of hydrogen-bond acceptors (Lipinski definition) is 3. The van der Waals surface area contributed by atoms with Crippen LogP contribution in [0.2, 0.25) is 0 Å². The number of carbonyl (C=O) groups is 1. The minimum Gasteiger partial charge on any atom is -0.353 e. The van der Waals surface area contributed by atoms with Crippen LogP contribution in [0, 0.1) is 5.41 Å². The molecule has 1 atom stereocenters. The second-order valence-electron chi connectivity index (χ2n) is 6.08. The molecule has 2 aliphatic heterocycles. The molecule has 2 aliphatic rings.